The van der Waals surface area contributed by atoms with Crippen molar-refractivity contribution in [1.82, 2.24) is 15.3 Å². The van der Waals surface area contributed by atoms with Gasteiger partial charge >= 0.3 is 6.03 Å². The molecule has 4 heterocycles. The number of nitrogens with zero attached hydrogens (tertiary/aromatic N) is 3. The molecule has 2 aromatic rings. The number of nitrogens with one attached hydrogen (secondary N) is 3. The van der Waals surface area contributed by atoms with Gasteiger partial charge in [0.1, 0.15) is 11.6 Å². The quantitative estimate of drug-likeness (QED) is 0.641. The van der Waals surface area contributed by atoms with E-state index in [1.807, 2.05) is 31.2 Å². The molecule has 3 N–H and O–H groups in total. The van der Waals surface area contributed by atoms with Gasteiger partial charge in [-0.1, -0.05) is 0 Å². The van der Waals surface area contributed by atoms with Gasteiger partial charge in [0.15, 0.2) is 5.82 Å². The van der Waals surface area contributed by atoms with E-state index in [1.165, 1.54) is 5.56 Å². The van der Waals surface area contributed by atoms with E-state index in [0.717, 1.165) is 55.5 Å². The van der Waals surface area contributed by atoms with E-state index in [2.05, 4.69) is 27.8 Å². The first-order chi connectivity index (χ1) is 16.1. The van der Waals surface area contributed by atoms with E-state index in [-0.39, 0.29) is 12.1 Å². The van der Waals surface area contributed by atoms with Crippen LogP contribution in [0, 0.1) is 5.92 Å². The number of fused-ring (bicyclic) bond motifs is 1. The number of hydrogen-bond acceptors (Lipinski definition) is 7. The lowest BCUT2D eigenvalue weighted by Crippen LogP contribution is -2.46. The number of carbonyl (C=O) groups is 1. The number of urea groups is 1. The second kappa shape index (κ2) is 9.52. The predicted molar refractivity (Wildman–Crippen MR) is 128 cm³/mol. The van der Waals surface area contributed by atoms with Crippen LogP contribution in [0.1, 0.15) is 25.8 Å². The number of benzene rings is 1. The summed E-state index contributed by atoms with van der Waals surface area (Å²) in [7, 11) is 0. The third-order valence-corrected chi connectivity index (χ3v) is 6.62. The van der Waals surface area contributed by atoms with Gasteiger partial charge in [-0.15, -0.1) is 0 Å². The van der Waals surface area contributed by atoms with Gasteiger partial charge in [0, 0.05) is 41.9 Å². The van der Waals surface area contributed by atoms with E-state index in [1.54, 1.807) is 0 Å². The first kappa shape index (κ1) is 21.9. The minimum atomic E-state index is -0.214. The fourth-order valence-corrected chi connectivity index (χ4v) is 4.66. The van der Waals surface area contributed by atoms with Crippen LogP contribution in [0.2, 0.25) is 0 Å². The Morgan fingerprint density at radius 3 is 2.70 bits per heavy atom. The van der Waals surface area contributed by atoms with Crippen molar-refractivity contribution in [2.24, 2.45) is 5.92 Å². The summed E-state index contributed by atoms with van der Waals surface area (Å²) in [5.74, 6) is 3.17. The predicted octanol–water partition coefficient (Wildman–Crippen LogP) is 2.88. The number of aromatic nitrogens is 2. The Morgan fingerprint density at radius 2 is 2.00 bits per heavy atom. The minimum absolute atomic E-state index is 0.214. The molecule has 2 amide bonds. The average Bonchev–Trinajstić information content (AvgIpc) is 2.78. The third-order valence-electron chi connectivity index (χ3n) is 6.62. The molecule has 1 aromatic heterocycles. The van der Waals surface area contributed by atoms with E-state index in [9.17, 15) is 4.79 Å². The van der Waals surface area contributed by atoms with Crippen molar-refractivity contribution in [3.8, 4) is 11.4 Å². The largest absolute Gasteiger partial charge is 0.381 e. The molecule has 2 saturated heterocycles. The number of anilines is 3. The summed E-state index contributed by atoms with van der Waals surface area (Å²) < 4.78 is 11.1. The molecule has 3 aliphatic rings. The highest BCUT2D eigenvalue weighted by molar-refractivity contribution is 5.89. The van der Waals surface area contributed by atoms with Crippen LogP contribution < -0.4 is 20.9 Å². The SMILES string of the molecule is CCNC(=O)Nc1ccc(-c2nc3c(c(N4CCOC[C@@H]4C)n2)CCC(C2COC2)N3)cc1. The standard InChI is InChI=1S/C24H32N6O3/c1-3-25-24(31)26-18-6-4-16(5-7-18)21-28-22-19(8-9-20(27-22)17-13-33-14-17)23(29-21)30-10-11-32-12-15(30)2/h4-7,15,17,20H,3,8-14H2,1-2H3,(H2,25,26,31)(H,27,28,29)/t15-,20?/m0/s1. The highest BCUT2D eigenvalue weighted by Crippen LogP contribution is 2.37. The summed E-state index contributed by atoms with van der Waals surface area (Å²) >= 11 is 0. The van der Waals surface area contributed by atoms with E-state index < -0.39 is 0 Å². The smallest absolute Gasteiger partial charge is 0.319 e. The van der Waals surface area contributed by atoms with Crippen molar-refractivity contribution in [2.45, 2.75) is 38.8 Å². The Labute approximate surface area is 194 Å². The van der Waals surface area contributed by atoms with Crippen LogP contribution in [-0.2, 0) is 15.9 Å². The Hall–Kier alpha value is -2.91. The van der Waals surface area contributed by atoms with E-state index >= 15 is 0 Å². The second-order valence-electron chi connectivity index (χ2n) is 8.96. The van der Waals surface area contributed by atoms with E-state index in [4.69, 9.17) is 19.4 Å². The van der Waals surface area contributed by atoms with Crippen LogP contribution in [-0.4, -0.2) is 67.6 Å². The van der Waals surface area contributed by atoms with Gasteiger partial charge in [-0.25, -0.2) is 14.8 Å². The Morgan fingerprint density at radius 1 is 1.18 bits per heavy atom. The topological polar surface area (TPSA) is 101 Å². The summed E-state index contributed by atoms with van der Waals surface area (Å²) in [5, 5.41) is 9.27. The van der Waals surface area contributed by atoms with E-state index in [0.29, 0.717) is 37.5 Å². The molecule has 0 radical (unpaired) electrons. The number of rotatable bonds is 5. The molecule has 9 nitrogen and oxygen atoms in total. The molecule has 1 unspecified atom stereocenters. The van der Waals surface area contributed by atoms with Crippen molar-refractivity contribution in [2.75, 3.05) is 55.1 Å². The first-order valence-electron chi connectivity index (χ1n) is 11.9. The normalized spacial score (nSPS) is 22.7. The minimum Gasteiger partial charge on any atom is -0.381 e. The van der Waals surface area contributed by atoms with Crippen molar-refractivity contribution in [3.05, 3.63) is 29.8 Å². The molecule has 0 aliphatic carbocycles. The summed E-state index contributed by atoms with van der Waals surface area (Å²) in [4.78, 5) is 24.2. The molecule has 176 valence electrons. The monoisotopic (exact) mass is 452 g/mol. The number of hydrogen-bond donors (Lipinski definition) is 3. The Balaban J connectivity index is 1.47. The number of ether oxygens (including phenoxy) is 2. The van der Waals surface area contributed by atoms with Gasteiger partial charge in [0.25, 0.3) is 0 Å². The lowest BCUT2D eigenvalue weighted by molar-refractivity contribution is -0.0418. The lowest BCUT2D eigenvalue weighted by Gasteiger charge is -2.40. The molecular formula is C24H32N6O3. The van der Waals surface area contributed by atoms with Crippen molar-refractivity contribution < 1.29 is 14.3 Å². The molecule has 5 rings (SSSR count). The van der Waals surface area contributed by atoms with Crippen LogP contribution in [0.25, 0.3) is 11.4 Å². The maximum atomic E-state index is 11.8. The third kappa shape index (κ3) is 4.60. The van der Waals surface area contributed by atoms with Crippen molar-refractivity contribution >= 4 is 23.4 Å². The highest BCUT2D eigenvalue weighted by Gasteiger charge is 2.34. The van der Waals surface area contributed by atoms with Gasteiger partial charge < -0.3 is 30.3 Å². The molecule has 2 fully saturated rings. The highest BCUT2D eigenvalue weighted by atomic mass is 16.5. The van der Waals surface area contributed by atoms with Crippen LogP contribution in [0.5, 0.6) is 0 Å². The van der Waals surface area contributed by atoms with Crippen molar-refractivity contribution in [1.29, 1.82) is 0 Å². The molecule has 0 spiro atoms. The van der Waals surface area contributed by atoms with Crippen molar-refractivity contribution in [3.63, 3.8) is 0 Å². The van der Waals surface area contributed by atoms with Crippen LogP contribution >= 0.6 is 0 Å². The van der Waals surface area contributed by atoms with Gasteiger partial charge in [-0.05, 0) is 51.0 Å². The fourth-order valence-electron chi connectivity index (χ4n) is 4.66. The van der Waals surface area contributed by atoms with Gasteiger partial charge in [0.05, 0.1) is 32.5 Å². The van der Waals surface area contributed by atoms with Gasteiger partial charge in [0.2, 0.25) is 0 Å². The Bertz CT molecular complexity index is 994. The lowest BCUT2D eigenvalue weighted by atomic mass is 9.89. The zero-order valence-corrected chi connectivity index (χ0v) is 19.3. The summed E-state index contributed by atoms with van der Waals surface area (Å²) in [5.41, 5.74) is 2.84. The summed E-state index contributed by atoms with van der Waals surface area (Å²) in [6, 6.07) is 8.10. The zero-order chi connectivity index (χ0) is 22.8. The average molecular weight is 453 g/mol. The summed E-state index contributed by atoms with van der Waals surface area (Å²) in [6.07, 6.45) is 2.02. The number of morpholine rings is 1. The maximum Gasteiger partial charge on any atom is 0.319 e. The molecular weight excluding hydrogens is 420 g/mol. The van der Waals surface area contributed by atoms with Crippen LogP contribution in [0.15, 0.2) is 24.3 Å². The molecule has 0 saturated carbocycles. The maximum absolute atomic E-state index is 11.8. The second-order valence-corrected chi connectivity index (χ2v) is 8.96. The molecule has 2 atom stereocenters. The molecule has 9 heteroatoms. The van der Waals surface area contributed by atoms with Crippen LogP contribution in [0.3, 0.4) is 0 Å². The van der Waals surface area contributed by atoms with Gasteiger partial charge in [-0.3, -0.25) is 0 Å². The summed E-state index contributed by atoms with van der Waals surface area (Å²) in [6.45, 7) is 8.50. The van der Waals surface area contributed by atoms with Crippen LogP contribution in [0.4, 0.5) is 22.1 Å². The fraction of sp³-hybridized carbons (Fsp3) is 0.542. The molecule has 0 bridgehead atoms. The zero-order valence-electron chi connectivity index (χ0n) is 19.3. The molecule has 33 heavy (non-hydrogen) atoms. The van der Waals surface area contributed by atoms with Gasteiger partial charge in [-0.2, -0.15) is 0 Å². The number of amides is 2. The Kier molecular flexibility index (Phi) is 6.32. The number of carbonyl (C=O) groups excluding carboxylic acids is 1. The molecule has 3 aliphatic heterocycles. The molecule has 1 aromatic carbocycles. The first-order valence-corrected chi connectivity index (χ1v) is 11.9.